The van der Waals surface area contributed by atoms with Crippen LogP contribution >= 0.6 is 7.75 Å². The summed E-state index contributed by atoms with van der Waals surface area (Å²) in [6.07, 6.45) is -0.574. The number of anilines is 1. The van der Waals surface area contributed by atoms with Crippen LogP contribution in [0.3, 0.4) is 0 Å². The number of hydrogen-bond acceptors (Lipinski definition) is 13. The predicted molar refractivity (Wildman–Crippen MR) is 178 cm³/mol. The summed E-state index contributed by atoms with van der Waals surface area (Å²) in [4.78, 5) is 42.5. The van der Waals surface area contributed by atoms with E-state index in [1.165, 1.54) is 17.8 Å². The first kappa shape index (κ1) is 37.8. The van der Waals surface area contributed by atoms with Gasteiger partial charge in [0, 0.05) is 12.8 Å². The lowest BCUT2D eigenvalue weighted by molar-refractivity contribution is -0.170. The third-order valence-corrected chi connectivity index (χ3v) is 10.0. The van der Waals surface area contributed by atoms with Crippen molar-refractivity contribution in [2.24, 2.45) is 5.92 Å². The Kier molecular flexibility index (Phi) is 12.8. The molecule has 1 fully saturated rings. The van der Waals surface area contributed by atoms with Crippen LogP contribution in [0.25, 0.3) is 5.52 Å². The Morgan fingerprint density at radius 3 is 2.37 bits per heavy atom. The highest BCUT2D eigenvalue weighted by atomic mass is 31.2. The Morgan fingerprint density at radius 1 is 1.04 bits per heavy atom. The topological polar surface area (TPSA) is 192 Å². The van der Waals surface area contributed by atoms with Gasteiger partial charge in [-0.15, -0.1) is 0 Å². The molecule has 0 bridgehead atoms. The molecule has 1 aromatic carbocycles. The molecule has 6 atom stereocenters. The van der Waals surface area contributed by atoms with Gasteiger partial charge in [0.1, 0.15) is 35.3 Å². The fourth-order valence-electron chi connectivity index (χ4n) is 5.42. The van der Waals surface area contributed by atoms with Crippen molar-refractivity contribution in [1.29, 1.82) is 0 Å². The Morgan fingerprint density at radius 2 is 1.71 bits per heavy atom. The van der Waals surface area contributed by atoms with Gasteiger partial charge in [0.05, 0.1) is 18.9 Å². The zero-order chi connectivity index (χ0) is 35.8. The maximum atomic E-state index is 14.4. The minimum Gasteiger partial charge on any atom is -0.464 e. The molecule has 1 saturated heterocycles. The average molecular weight is 704 g/mol. The number of ether oxygens (including phenoxy) is 4. The number of nitrogens with zero attached hydrogens (tertiary/aromatic N) is 3. The van der Waals surface area contributed by atoms with Gasteiger partial charge in [-0.05, 0) is 44.0 Å². The zero-order valence-electron chi connectivity index (χ0n) is 28.7. The van der Waals surface area contributed by atoms with Gasteiger partial charge in [-0.25, -0.2) is 14.1 Å². The number of benzene rings is 1. The summed E-state index contributed by atoms with van der Waals surface area (Å²) in [5, 5.41) is 6.99. The molecule has 15 nitrogen and oxygen atoms in total. The van der Waals surface area contributed by atoms with E-state index in [0.29, 0.717) is 11.2 Å². The minimum absolute atomic E-state index is 0.0146. The summed E-state index contributed by atoms with van der Waals surface area (Å²) in [6, 6.07) is 10.6. The summed E-state index contributed by atoms with van der Waals surface area (Å²) in [6.45, 7) is 10.1. The van der Waals surface area contributed by atoms with E-state index in [1.807, 2.05) is 13.8 Å². The summed E-state index contributed by atoms with van der Waals surface area (Å²) in [5.41, 5.74) is 5.49. The normalized spacial score (nSPS) is 22.4. The Balaban J connectivity index is 1.67. The molecule has 268 valence electrons. The van der Waals surface area contributed by atoms with Gasteiger partial charge in [0.2, 0.25) is 0 Å². The fraction of sp³-hybridized carbons (Fsp3) is 0.545. The van der Waals surface area contributed by atoms with Crippen LogP contribution in [-0.2, 0) is 48.0 Å². The number of nitrogens with one attached hydrogen (secondary N) is 1. The number of nitrogens with two attached hydrogens (primary N) is 1. The highest BCUT2D eigenvalue weighted by Crippen LogP contribution is 2.48. The van der Waals surface area contributed by atoms with E-state index in [9.17, 15) is 18.9 Å². The molecule has 3 aromatic rings. The number of fused-ring (bicyclic) bond motifs is 1. The second-order valence-corrected chi connectivity index (χ2v) is 13.6. The number of para-hydroxylation sites is 1. The third-order valence-electron chi connectivity index (χ3n) is 8.40. The number of nitrogen functional groups attached to an aromatic ring is 1. The SMILES string of the molecule is CCC(=O)O[C@H]1[C@@H](OC(=O)CC)[C@](C)(c2ccc3c(N)ncnn23)O[C@@H]1COP(=O)(N[C@@H](C)C(=O)OCC(CC)CC)Oc1ccccc1. The highest BCUT2D eigenvalue weighted by Gasteiger charge is 2.59. The van der Waals surface area contributed by atoms with E-state index < -0.39 is 62.2 Å². The average Bonchev–Trinajstić information content (AvgIpc) is 3.65. The van der Waals surface area contributed by atoms with Crippen LogP contribution in [0.15, 0.2) is 48.8 Å². The van der Waals surface area contributed by atoms with E-state index in [2.05, 4.69) is 15.2 Å². The Hall–Kier alpha value is -4.04. The van der Waals surface area contributed by atoms with Gasteiger partial charge in [0.25, 0.3) is 0 Å². The van der Waals surface area contributed by atoms with E-state index in [4.69, 9.17) is 33.7 Å². The van der Waals surface area contributed by atoms with Crippen LogP contribution in [0, 0.1) is 5.92 Å². The van der Waals surface area contributed by atoms with Gasteiger partial charge in [0.15, 0.2) is 18.0 Å². The molecule has 0 saturated carbocycles. The summed E-state index contributed by atoms with van der Waals surface area (Å²) >= 11 is 0. The number of carbonyl (C=O) groups is 3. The van der Waals surface area contributed by atoms with Crippen LogP contribution in [0.4, 0.5) is 5.82 Å². The van der Waals surface area contributed by atoms with Crippen molar-refractivity contribution in [1.82, 2.24) is 19.7 Å². The van der Waals surface area contributed by atoms with Crippen LogP contribution < -0.4 is 15.3 Å². The second kappa shape index (κ2) is 16.6. The summed E-state index contributed by atoms with van der Waals surface area (Å²) < 4.78 is 51.4. The lowest BCUT2D eigenvalue weighted by atomic mass is 9.92. The van der Waals surface area contributed by atoms with Crippen molar-refractivity contribution in [3.05, 3.63) is 54.5 Å². The van der Waals surface area contributed by atoms with E-state index in [0.717, 1.165) is 12.8 Å². The van der Waals surface area contributed by atoms with Crippen molar-refractivity contribution in [3.63, 3.8) is 0 Å². The van der Waals surface area contributed by atoms with Crippen LogP contribution in [0.1, 0.15) is 72.9 Å². The molecule has 2 aromatic heterocycles. The molecule has 3 heterocycles. The molecule has 1 unspecified atom stereocenters. The predicted octanol–water partition coefficient (Wildman–Crippen LogP) is 4.73. The van der Waals surface area contributed by atoms with Gasteiger partial charge >= 0.3 is 25.7 Å². The fourth-order valence-corrected chi connectivity index (χ4v) is 6.92. The van der Waals surface area contributed by atoms with E-state index in [1.54, 1.807) is 63.2 Å². The molecule has 0 spiro atoms. The van der Waals surface area contributed by atoms with Crippen molar-refractivity contribution in [2.45, 2.75) is 97.2 Å². The summed E-state index contributed by atoms with van der Waals surface area (Å²) in [5.74, 6) is -1.21. The van der Waals surface area contributed by atoms with Gasteiger partial charge in [-0.2, -0.15) is 10.2 Å². The van der Waals surface area contributed by atoms with Gasteiger partial charge < -0.3 is 29.2 Å². The highest BCUT2D eigenvalue weighted by molar-refractivity contribution is 7.52. The Labute approximate surface area is 285 Å². The molecule has 3 N–H and O–H groups in total. The standard InChI is InChI=1S/C33H46N5O10P/c1-7-22(8-2)18-43-32(41)21(5)37-49(42,48-23-14-12-11-13-15-23)44-19-25-29(45-27(39)9-3)30(46-28(40)10-4)33(6,47-25)26-17-16-24-31(34)35-20-36-38(24)26/h11-17,20-22,25,29-30H,7-10,18-19H2,1-6H3,(H,37,42)(H2,34,35,36)/t21-,25+,29+,30+,33-,49?/m0/s1. The Bertz CT molecular complexity index is 1630. The number of rotatable bonds is 17. The van der Waals surface area contributed by atoms with Crippen molar-refractivity contribution in [2.75, 3.05) is 18.9 Å². The molecule has 16 heteroatoms. The summed E-state index contributed by atoms with van der Waals surface area (Å²) in [7, 11) is -4.35. The van der Waals surface area contributed by atoms with Crippen LogP contribution in [-0.4, -0.2) is 70.1 Å². The number of esters is 3. The molecular weight excluding hydrogens is 657 g/mol. The molecule has 4 rings (SSSR count). The maximum absolute atomic E-state index is 14.4. The van der Waals surface area contributed by atoms with Crippen molar-refractivity contribution in [3.8, 4) is 5.75 Å². The monoisotopic (exact) mass is 703 g/mol. The molecule has 0 aliphatic carbocycles. The van der Waals surface area contributed by atoms with E-state index in [-0.39, 0.29) is 36.9 Å². The van der Waals surface area contributed by atoms with E-state index >= 15 is 0 Å². The van der Waals surface area contributed by atoms with Gasteiger partial charge in [-0.1, -0.05) is 58.7 Å². The zero-order valence-corrected chi connectivity index (χ0v) is 29.6. The number of hydrogen-bond donors (Lipinski definition) is 2. The minimum atomic E-state index is -4.35. The lowest BCUT2D eigenvalue weighted by Gasteiger charge is -2.31. The molecule has 49 heavy (non-hydrogen) atoms. The molecule has 1 aliphatic rings. The van der Waals surface area contributed by atoms with Crippen LogP contribution in [0.2, 0.25) is 0 Å². The molecule has 0 amide bonds. The first-order valence-electron chi connectivity index (χ1n) is 16.5. The number of carbonyl (C=O) groups excluding carboxylic acids is 3. The van der Waals surface area contributed by atoms with Crippen molar-refractivity contribution < 1.29 is 46.9 Å². The molecule has 1 aliphatic heterocycles. The first-order chi connectivity index (χ1) is 23.4. The number of aromatic nitrogens is 3. The quantitative estimate of drug-likeness (QED) is 0.111. The van der Waals surface area contributed by atoms with Gasteiger partial charge in [-0.3, -0.25) is 18.9 Å². The first-order valence-corrected chi connectivity index (χ1v) is 18.0. The molecular formula is C33H46N5O10P. The third kappa shape index (κ3) is 8.96. The maximum Gasteiger partial charge on any atom is 0.459 e. The van der Waals surface area contributed by atoms with Crippen LogP contribution in [0.5, 0.6) is 5.75 Å². The largest absolute Gasteiger partial charge is 0.464 e. The lowest BCUT2D eigenvalue weighted by Crippen LogP contribution is -2.45. The second-order valence-electron chi connectivity index (χ2n) is 11.9. The smallest absolute Gasteiger partial charge is 0.459 e. The van der Waals surface area contributed by atoms with Crippen molar-refractivity contribution >= 4 is 37.0 Å². The molecule has 0 radical (unpaired) electrons.